The van der Waals surface area contributed by atoms with E-state index in [0.717, 1.165) is 12.1 Å². The van der Waals surface area contributed by atoms with Gasteiger partial charge in [0.15, 0.2) is 0 Å². The van der Waals surface area contributed by atoms with Crippen molar-refractivity contribution in [2.75, 3.05) is 6.54 Å². The Morgan fingerprint density at radius 2 is 2.00 bits per heavy atom. The standard InChI is InChI=1S/C9H12N2O5S/c1-5(17)9(15)10-4-8(14)16-11-6(12)2-3-7(11)13/h2-3,5,12-13,17H,4H2,1H3,(H,10,15). The normalized spacial score (nSPS) is 11.9. The van der Waals surface area contributed by atoms with Gasteiger partial charge in [-0.3, -0.25) is 4.79 Å². The van der Waals surface area contributed by atoms with Crippen LogP contribution in [0.2, 0.25) is 0 Å². The van der Waals surface area contributed by atoms with Crippen molar-refractivity contribution in [3.05, 3.63) is 12.1 Å². The number of hydrogen-bond donors (Lipinski definition) is 4. The van der Waals surface area contributed by atoms with E-state index in [0.29, 0.717) is 4.73 Å². The van der Waals surface area contributed by atoms with Gasteiger partial charge in [-0.2, -0.15) is 12.6 Å². The zero-order chi connectivity index (χ0) is 13.0. The predicted octanol–water partition coefficient (Wildman–Crippen LogP) is -0.711. The van der Waals surface area contributed by atoms with Crippen LogP contribution in [0, 0.1) is 0 Å². The summed E-state index contributed by atoms with van der Waals surface area (Å²) in [5.41, 5.74) is 0. The molecular formula is C9H12N2O5S. The van der Waals surface area contributed by atoms with Crippen LogP contribution >= 0.6 is 12.6 Å². The summed E-state index contributed by atoms with van der Waals surface area (Å²) in [7, 11) is 0. The molecule has 0 aliphatic carbocycles. The number of amides is 1. The van der Waals surface area contributed by atoms with Gasteiger partial charge in [0.05, 0.1) is 5.25 Å². The SMILES string of the molecule is CC(S)C(=O)NCC(=O)On1c(O)ccc1O. The molecule has 0 saturated carbocycles. The second kappa shape index (κ2) is 5.48. The maximum Gasteiger partial charge on any atom is 0.352 e. The molecule has 0 bridgehead atoms. The van der Waals surface area contributed by atoms with E-state index in [9.17, 15) is 19.8 Å². The van der Waals surface area contributed by atoms with Gasteiger partial charge in [-0.05, 0) is 6.92 Å². The fourth-order valence-corrected chi connectivity index (χ4v) is 1.03. The van der Waals surface area contributed by atoms with Crippen molar-refractivity contribution in [3.63, 3.8) is 0 Å². The van der Waals surface area contributed by atoms with Crippen LogP contribution in [-0.2, 0) is 9.59 Å². The monoisotopic (exact) mass is 260 g/mol. The summed E-state index contributed by atoms with van der Waals surface area (Å²) in [5.74, 6) is -2.12. The lowest BCUT2D eigenvalue weighted by Crippen LogP contribution is -2.37. The Morgan fingerprint density at radius 3 is 2.47 bits per heavy atom. The van der Waals surface area contributed by atoms with Gasteiger partial charge in [0, 0.05) is 12.1 Å². The fourth-order valence-electron chi connectivity index (χ4n) is 0.936. The summed E-state index contributed by atoms with van der Waals surface area (Å²) in [5, 5.41) is 20.1. The molecule has 1 aromatic rings. The van der Waals surface area contributed by atoms with Crippen molar-refractivity contribution in [2.24, 2.45) is 0 Å². The Labute approximate surface area is 102 Å². The van der Waals surface area contributed by atoms with Crippen LogP contribution in [0.5, 0.6) is 11.8 Å². The van der Waals surface area contributed by atoms with Gasteiger partial charge >= 0.3 is 5.97 Å². The molecule has 0 spiro atoms. The van der Waals surface area contributed by atoms with Crippen molar-refractivity contribution < 1.29 is 24.6 Å². The lowest BCUT2D eigenvalue weighted by Gasteiger charge is -2.08. The highest BCUT2D eigenvalue weighted by molar-refractivity contribution is 7.81. The smallest absolute Gasteiger partial charge is 0.352 e. The summed E-state index contributed by atoms with van der Waals surface area (Å²) in [6, 6.07) is 2.30. The molecule has 0 aliphatic rings. The minimum atomic E-state index is -0.839. The number of thiol groups is 1. The molecular weight excluding hydrogens is 248 g/mol. The van der Waals surface area contributed by atoms with E-state index in [4.69, 9.17) is 0 Å². The molecule has 8 heteroatoms. The number of aromatic nitrogens is 1. The summed E-state index contributed by atoms with van der Waals surface area (Å²) in [6.07, 6.45) is 0. The number of hydrogen-bond acceptors (Lipinski definition) is 6. The van der Waals surface area contributed by atoms with Crippen LogP contribution in [0.3, 0.4) is 0 Å². The quantitative estimate of drug-likeness (QED) is 0.536. The number of aromatic hydroxyl groups is 2. The van der Waals surface area contributed by atoms with Crippen molar-refractivity contribution in [3.8, 4) is 11.8 Å². The maximum absolute atomic E-state index is 11.2. The second-order valence-electron chi connectivity index (χ2n) is 3.20. The highest BCUT2D eigenvalue weighted by Gasteiger charge is 2.14. The van der Waals surface area contributed by atoms with Crippen molar-refractivity contribution >= 4 is 24.5 Å². The van der Waals surface area contributed by atoms with E-state index in [-0.39, 0.29) is 6.54 Å². The summed E-state index contributed by atoms with van der Waals surface area (Å²) < 4.78 is 0.540. The molecule has 17 heavy (non-hydrogen) atoms. The molecule has 3 N–H and O–H groups in total. The lowest BCUT2D eigenvalue weighted by atomic mass is 10.4. The van der Waals surface area contributed by atoms with Crippen LogP contribution in [0.15, 0.2) is 12.1 Å². The molecule has 1 unspecified atom stereocenters. The Hall–Kier alpha value is -1.83. The Bertz CT molecular complexity index is 410. The zero-order valence-electron chi connectivity index (χ0n) is 8.95. The third-order valence-corrected chi connectivity index (χ3v) is 2.01. The number of nitrogens with one attached hydrogen (secondary N) is 1. The van der Waals surface area contributed by atoms with Crippen LogP contribution < -0.4 is 10.2 Å². The van der Waals surface area contributed by atoms with Gasteiger partial charge in [0.25, 0.3) is 0 Å². The molecule has 1 amide bonds. The van der Waals surface area contributed by atoms with Crippen LogP contribution in [0.4, 0.5) is 0 Å². The molecule has 1 rings (SSSR count). The minimum Gasteiger partial charge on any atom is -0.492 e. The van der Waals surface area contributed by atoms with Gasteiger partial charge in [0.2, 0.25) is 17.7 Å². The molecule has 0 radical (unpaired) electrons. The van der Waals surface area contributed by atoms with Crippen LogP contribution in [0.25, 0.3) is 0 Å². The Kier molecular flexibility index (Phi) is 4.27. The summed E-state index contributed by atoms with van der Waals surface area (Å²) in [6.45, 7) is 1.16. The second-order valence-corrected chi connectivity index (χ2v) is 3.98. The first-order chi connectivity index (χ1) is 7.91. The van der Waals surface area contributed by atoms with E-state index in [2.05, 4.69) is 22.8 Å². The third kappa shape index (κ3) is 3.59. The molecule has 0 aromatic carbocycles. The highest BCUT2D eigenvalue weighted by atomic mass is 32.1. The first-order valence-electron chi connectivity index (χ1n) is 4.68. The summed E-state index contributed by atoms with van der Waals surface area (Å²) >= 11 is 3.87. The van der Waals surface area contributed by atoms with Gasteiger partial charge in [0.1, 0.15) is 6.54 Å². The van der Waals surface area contributed by atoms with Crippen LogP contribution in [0.1, 0.15) is 6.92 Å². The van der Waals surface area contributed by atoms with Gasteiger partial charge in [-0.15, -0.1) is 4.73 Å². The average molecular weight is 260 g/mol. The van der Waals surface area contributed by atoms with Crippen molar-refractivity contribution in [1.29, 1.82) is 0 Å². The largest absolute Gasteiger partial charge is 0.492 e. The van der Waals surface area contributed by atoms with Crippen molar-refractivity contribution in [1.82, 2.24) is 10.0 Å². The molecule has 7 nitrogen and oxygen atoms in total. The first-order valence-corrected chi connectivity index (χ1v) is 5.20. The van der Waals surface area contributed by atoms with E-state index in [1.165, 1.54) is 0 Å². The molecule has 0 fully saturated rings. The number of nitrogens with zero attached hydrogens (tertiary/aromatic N) is 1. The predicted molar refractivity (Wildman–Crippen MR) is 60.8 cm³/mol. The fraction of sp³-hybridized carbons (Fsp3) is 0.333. The summed E-state index contributed by atoms with van der Waals surface area (Å²) in [4.78, 5) is 26.9. The van der Waals surface area contributed by atoms with Gasteiger partial charge in [-0.25, -0.2) is 4.79 Å². The zero-order valence-corrected chi connectivity index (χ0v) is 9.85. The van der Waals surface area contributed by atoms with Crippen LogP contribution in [-0.4, -0.2) is 38.6 Å². The number of carbonyl (C=O) groups excluding carboxylic acids is 2. The maximum atomic E-state index is 11.2. The first kappa shape index (κ1) is 13.2. The highest BCUT2D eigenvalue weighted by Crippen LogP contribution is 2.18. The van der Waals surface area contributed by atoms with E-state index in [1.54, 1.807) is 6.92 Å². The third-order valence-electron chi connectivity index (χ3n) is 1.78. The minimum absolute atomic E-state index is 0.388. The average Bonchev–Trinajstić information content (AvgIpc) is 2.57. The van der Waals surface area contributed by atoms with Gasteiger partial charge in [-0.1, -0.05) is 0 Å². The topological polar surface area (TPSA) is 101 Å². The Morgan fingerprint density at radius 1 is 1.47 bits per heavy atom. The molecule has 1 atom stereocenters. The van der Waals surface area contributed by atoms with Gasteiger partial charge < -0.3 is 20.4 Å². The lowest BCUT2D eigenvalue weighted by molar-refractivity contribution is -0.145. The molecule has 0 aliphatic heterocycles. The molecule has 1 heterocycles. The number of rotatable bonds is 4. The molecule has 1 aromatic heterocycles. The van der Waals surface area contributed by atoms with E-state index in [1.807, 2.05) is 0 Å². The van der Waals surface area contributed by atoms with Crippen molar-refractivity contribution in [2.45, 2.75) is 12.2 Å². The molecule has 0 saturated heterocycles. The number of carbonyl (C=O) groups is 2. The van der Waals surface area contributed by atoms with E-state index >= 15 is 0 Å². The van der Waals surface area contributed by atoms with E-state index < -0.39 is 28.9 Å². The Balaban J connectivity index is 2.48. The molecule has 94 valence electrons.